The van der Waals surface area contributed by atoms with Gasteiger partial charge in [-0.15, -0.1) is 11.8 Å². The number of aryl methyl sites for hydroxylation is 1. The average Bonchev–Trinajstić information content (AvgIpc) is 2.20. The molecule has 1 nitrogen and oxygen atoms in total. The number of Topliss-reactive ketones (excluding diaryl/α,β-unsaturated/α-hetero) is 1. The minimum absolute atomic E-state index is 0.337. The molecular weight excluding hydrogens is 192 g/mol. The van der Waals surface area contributed by atoms with Gasteiger partial charge in [0.1, 0.15) is 5.78 Å². The number of carbonyl (C=O) groups excluding carboxylic acids is 1. The van der Waals surface area contributed by atoms with Crippen LogP contribution >= 0.6 is 11.8 Å². The molecule has 0 aliphatic carbocycles. The molecule has 0 aromatic heterocycles. The Labute approximate surface area is 89.9 Å². The van der Waals surface area contributed by atoms with Crippen LogP contribution in [-0.2, 0) is 10.5 Å². The zero-order chi connectivity index (χ0) is 10.4. The van der Waals surface area contributed by atoms with Crippen LogP contribution in [0.5, 0.6) is 0 Å². The summed E-state index contributed by atoms with van der Waals surface area (Å²) in [6.45, 7) is 4.02. The Morgan fingerprint density at radius 2 is 2.07 bits per heavy atom. The lowest BCUT2D eigenvalue weighted by Gasteiger charge is -2.03. The van der Waals surface area contributed by atoms with E-state index in [-0.39, 0.29) is 0 Å². The Morgan fingerprint density at radius 3 is 2.71 bits per heavy atom. The van der Waals surface area contributed by atoms with E-state index < -0.39 is 0 Å². The first-order chi connectivity index (χ1) is 6.74. The molecule has 1 rings (SSSR count). The van der Waals surface area contributed by atoms with Crippen LogP contribution in [0.4, 0.5) is 0 Å². The molecule has 76 valence electrons. The van der Waals surface area contributed by atoms with Gasteiger partial charge in [0.05, 0.1) is 5.75 Å². The van der Waals surface area contributed by atoms with E-state index in [0.29, 0.717) is 18.0 Å². The van der Waals surface area contributed by atoms with Crippen molar-refractivity contribution in [2.45, 2.75) is 26.0 Å². The number of thioether (sulfide) groups is 1. The highest BCUT2D eigenvalue weighted by atomic mass is 32.2. The van der Waals surface area contributed by atoms with E-state index in [9.17, 15) is 4.79 Å². The molecule has 1 aromatic carbocycles. The van der Waals surface area contributed by atoms with Crippen molar-refractivity contribution in [3.8, 4) is 0 Å². The summed E-state index contributed by atoms with van der Waals surface area (Å²) >= 11 is 1.70. The molecule has 0 N–H and O–H groups in total. The van der Waals surface area contributed by atoms with Gasteiger partial charge in [-0.2, -0.15) is 0 Å². The molecular formula is C12H16OS. The molecule has 0 spiro atoms. The summed E-state index contributed by atoms with van der Waals surface area (Å²) in [5, 5.41) is 0. The van der Waals surface area contributed by atoms with E-state index in [1.54, 1.807) is 11.8 Å². The Bertz CT molecular complexity index is 307. The van der Waals surface area contributed by atoms with E-state index in [1.165, 1.54) is 11.1 Å². The molecule has 0 saturated carbocycles. The Morgan fingerprint density at radius 1 is 1.36 bits per heavy atom. The van der Waals surface area contributed by atoms with Crippen molar-refractivity contribution in [3.05, 3.63) is 35.4 Å². The van der Waals surface area contributed by atoms with Crippen LogP contribution in [0.25, 0.3) is 0 Å². The quantitative estimate of drug-likeness (QED) is 0.739. The first-order valence-electron chi connectivity index (χ1n) is 4.88. The van der Waals surface area contributed by atoms with Crippen LogP contribution < -0.4 is 0 Å². The highest BCUT2D eigenvalue weighted by Crippen LogP contribution is 2.15. The van der Waals surface area contributed by atoms with Crippen LogP contribution in [0.3, 0.4) is 0 Å². The van der Waals surface area contributed by atoms with Crippen molar-refractivity contribution in [2.75, 3.05) is 5.75 Å². The van der Waals surface area contributed by atoms with Gasteiger partial charge in [-0.25, -0.2) is 0 Å². The average molecular weight is 208 g/mol. The molecule has 0 radical (unpaired) electrons. The molecule has 0 bridgehead atoms. The smallest absolute Gasteiger partial charge is 0.142 e. The summed E-state index contributed by atoms with van der Waals surface area (Å²) in [6, 6.07) is 8.32. The van der Waals surface area contributed by atoms with E-state index in [0.717, 1.165) is 5.75 Å². The van der Waals surface area contributed by atoms with Crippen molar-refractivity contribution < 1.29 is 4.79 Å². The fourth-order valence-corrected chi connectivity index (χ4v) is 2.23. The molecule has 1 aromatic rings. The Balaban J connectivity index is 2.39. The molecule has 0 amide bonds. The SMILES string of the molecule is CCC(=O)CSCc1ccccc1C. The second-order valence-electron chi connectivity index (χ2n) is 3.31. The summed E-state index contributed by atoms with van der Waals surface area (Å²) in [5.41, 5.74) is 2.64. The van der Waals surface area contributed by atoms with Gasteiger partial charge in [0.2, 0.25) is 0 Å². The second-order valence-corrected chi connectivity index (χ2v) is 4.30. The molecule has 0 atom stereocenters. The lowest BCUT2D eigenvalue weighted by molar-refractivity contribution is -0.116. The summed E-state index contributed by atoms with van der Waals surface area (Å²) in [6.07, 6.45) is 0.654. The first-order valence-corrected chi connectivity index (χ1v) is 6.03. The van der Waals surface area contributed by atoms with Gasteiger partial charge in [0.25, 0.3) is 0 Å². The highest BCUT2D eigenvalue weighted by molar-refractivity contribution is 7.99. The predicted molar refractivity (Wildman–Crippen MR) is 62.6 cm³/mol. The standard InChI is InChI=1S/C12H16OS/c1-3-12(13)9-14-8-11-7-5-4-6-10(11)2/h4-7H,3,8-9H2,1-2H3. The van der Waals surface area contributed by atoms with Crippen molar-refractivity contribution in [3.63, 3.8) is 0 Å². The zero-order valence-corrected chi connectivity index (χ0v) is 9.56. The maximum atomic E-state index is 11.1. The van der Waals surface area contributed by atoms with Gasteiger partial charge >= 0.3 is 0 Å². The van der Waals surface area contributed by atoms with Gasteiger partial charge in [0.15, 0.2) is 0 Å². The number of carbonyl (C=O) groups is 1. The normalized spacial score (nSPS) is 10.1. The fraction of sp³-hybridized carbons (Fsp3) is 0.417. The monoisotopic (exact) mass is 208 g/mol. The molecule has 0 aliphatic rings. The molecule has 0 heterocycles. The van der Waals surface area contributed by atoms with Crippen molar-refractivity contribution in [2.24, 2.45) is 0 Å². The number of rotatable bonds is 5. The van der Waals surface area contributed by atoms with E-state index in [1.807, 2.05) is 19.1 Å². The van der Waals surface area contributed by atoms with Crippen LogP contribution in [0.1, 0.15) is 24.5 Å². The summed E-state index contributed by atoms with van der Waals surface area (Å²) in [4.78, 5) is 11.1. The van der Waals surface area contributed by atoms with Crippen LogP contribution in [0.15, 0.2) is 24.3 Å². The number of ketones is 1. The highest BCUT2D eigenvalue weighted by Gasteiger charge is 2.00. The lowest BCUT2D eigenvalue weighted by Crippen LogP contribution is -1.99. The minimum atomic E-state index is 0.337. The lowest BCUT2D eigenvalue weighted by atomic mass is 10.1. The van der Waals surface area contributed by atoms with Crippen LogP contribution in [0.2, 0.25) is 0 Å². The Hall–Kier alpha value is -0.760. The summed E-state index contributed by atoms with van der Waals surface area (Å²) in [7, 11) is 0. The fourth-order valence-electron chi connectivity index (χ4n) is 1.15. The van der Waals surface area contributed by atoms with E-state index in [2.05, 4.69) is 19.1 Å². The Kier molecular flexibility index (Phi) is 4.74. The number of hydrogen-bond donors (Lipinski definition) is 0. The summed E-state index contributed by atoms with van der Waals surface area (Å²) < 4.78 is 0. The van der Waals surface area contributed by atoms with Gasteiger partial charge in [-0.3, -0.25) is 4.79 Å². The molecule has 0 unspecified atom stereocenters. The second kappa shape index (κ2) is 5.86. The van der Waals surface area contributed by atoms with Crippen molar-refractivity contribution >= 4 is 17.5 Å². The molecule has 0 aliphatic heterocycles. The van der Waals surface area contributed by atoms with E-state index in [4.69, 9.17) is 0 Å². The van der Waals surface area contributed by atoms with Gasteiger partial charge < -0.3 is 0 Å². The maximum Gasteiger partial charge on any atom is 0.142 e. The predicted octanol–water partition coefficient (Wildman–Crippen LogP) is 3.21. The van der Waals surface area contributed by atoms with E-state index >= 15 is 0 Å². The third kappa shape index (κ3) is 3.54. The van der Waals surface area contributed by atoms with Crippen molar-refractivity contribution in [1.29, 1.82) is 0 Å². The van der Waals surface area contributed by atoms with Crippen LogP contribution in [0, 0.1) is 6.92 Å². The molecule has 14 heavy (non-hydrogen) atoms. The molecule has 0 fully saturated rings. The van der Waals surface area contributed by atoms with Gasteiger partial charge in [0, 0.05) is 12.2 Å². The molecule has 2 heteroatoms. The minimum Gasteiger partial charge on any atom is -0.299 e. The first kappa shape index (κ1) is 11.3. The summed E-state index contributed by atoms with van der Waals surface area (Å²) in [5.74, 6) is 1.92. The van der Waals surface area contributed by atoms with Crippen molar-refractivity contribution in [1.82, 2.24) is 0 Å². The number of hydrogen-bond acceptors (Lipinski definition) is 2. The van der Waals surface area contributed by atoms with Crippen LogP contribution in [-0.4, -0.2) is 11.5 Å². The maximum absolute atomic E-state index is 11.1. The third-order valence-electron chi connectivity index (χ3n) is 2.18. The topological polar surface area (TPSA) is 17.1 Å². The van der Waals surface area contributed by atoms with Gasteiger partial charge in [-0.05, 0) is 18.1 Å². The molecule has 0 saturated heterocycles. The largest absolute Gasteiger partial charge is 0.299 e. The van der Waals surface area contributed by atoms with Gasteiger partial charge in [-0.1, -0.05) is 31.2 Å². The zero-order valence-electron chi connectivity index (χ0n) is 8.75. The third-order valence-corrected chi connectivity index (χ3v) is 3.22. The number of benzene rings is 1.